The maximum absolute atomic E-state index is 11.8. The molecule has 0 aliphatic carbocycles. The topological polar surface area (TPSA) is 88.5 Å². The van der Waals surface area contributed by atoms with Gasteiger partial charge in [-0.05, 0) is 71.0 Å². The molecule has 1 atom stereocenters. The van der Waals surface area contributed by atoms with E-state index in [4.69, 9.17) is 9.47 Å². The second kappa shape index (κ2) is 12.0. The van der Waals surface area contributed by atoms with Gasteiger partial charge in [0.25, 0.3) is 0 Å². The fraction of sp³-hybridized carbons (Fsp3) is 0.483. The van der Waals surface area contributed by atoms with Crippen molar-refractivity contribution in [1.82, 2.24) is 29.3 Å². The number of carbonyl (C=O) groups is 1. The van der Waals surface area contributed by atoms with Crippen molar-refractivity contribution in [3.8, 4) is 11.8 Å². The molecular formula is C29H40N6O3. The van der Waals surface area contributed by atoms with Gasteiger partial charge in [0.1, 0.15) is 0 Å². The lowest BCUT2D eigenvalue weighted by Crippen LogP contribution is -2.34. The molecule has 0 radical (unpaired) electrons. The van der Waals surface area contributed by atoms with E-state index >= 15 is 0 Å². The number of carbonyl (C=O) groups excluding carboxylic acids is 1. The largest absolute Gasteiger partial charge is 0.480 e. The minimum absolute atomic E-state index is 0.271. The quantitative estimate of drug-likeness (QED) is 0.279. The number of H-pyrrole nitrogens is 1. The molecule has 0 saturated heterocycles. The molecule has 4 aromatic rings. The molecule has 0 amide bonds. The molecule has 0 fully saturated rings. The van der Waals surface area contributed by atoms with E-state index in [0.717, 1.165) is 59.8 Å². The van der Waals surface area contributed by atoms with Crippen molar-refractivity contribution in [2.45, 2.75) is 59.2 Å². The number of nitrogens with one attached hydrogen (secondary N) is 1. The number of hydrogen-bond acceptors (Lipinski definition) is 7. The van der Waals surface area contributed by atoms with Crippen LogP contribution in [0.15, 0.2) is 36.9 Å². The third-order valence-corrected chi connectivity index (χ3v) is 7.47. The lowest BCUT2D eigenvalue weighted by Gasteiger charge is -2.25. The monoisotopic (exact) mass is 520 g/mol. The van der Waals surface area contributed by atoms with E-state index in [1.807, 2.05) is 12.1 Å². The molecule has 0 saturated carbocycles. The summed E-state index contributed by atoms with van der Waals surface area (Å²) in [5.74, 6) is 0.681. The van der Waals surface area contributed by atoms with Gasteiger partial charge in [0, 0.05) is 63.4 Å². The summed E-state index contributed by atoms with van der Waals surface area (Å²) >= 11 is 0. The highest BCUT2D eigenvalue weighted by Gasteiger charge is 2.20. The lowest BCUT2D eigenvalue weighted by atomic mass is 10.1. The van der Waals surface area contributed by atoms with Crippen molar-refractivity contribution in [3.05, 3.63) is 48.0 Å². The van der Waals surface area contributed by atoms with Gasteiger partial charge in [-0.1, -0.05) is 0 Å². The Hall–Kier alpha value is -3.43. The highest BCUT2D eigenvalue weighted by Crippen LogP contribution is 2.31. The molecule has 4 rings (SSSR count). The summed E-state index contributed by atoms with van der Waals surface area (Å²) in [5, 5.41) is 1.97. The zero-order valence-electron chi connectivity index (χ0n) is 23.6. The molecule has 4 aromatic heterocycles. The van der Waals surface area contributed by atoms with Crippen LogP contribution in [0, 0.1) is 0 Å². The highest BCUT2D eigenvalue weighted by atomic mass is 16.5. The van der Waals surface area contributed by atoms with E-state index in [9.17, 15) is 4.79 Å². The van der Waals surface area contributed by atoms with Crippen LogP contribution in [0.3, 0.4) is 0 Å². The van der Waals surface area contributed by atoms with Crippen LogP contribution < -0.4 is 9.47 Å². The average Bonchev–Trinajstić information content (AvgIpc) is 3.47. The van der Waals surface area contributed by atoms with Crippen molar-refractivity contribution in [2.24, 2.45) is 0 Å². The zero-order valence-corrected chi connectivity index (χ0v) is 23.6. The molecular weight excluding hydrogens is 480 g/mol. The Bertz CT molecular complexity index is 1390. The standard InChI is InChI=1S/C29H40N6O3/c1-19(2)33(5)14-11-23-18-35(25-9-13-31-29(27(23)25)38-21(4)36)17-20(3)34(6)15-10-22-16-32-24-8-12-30-28(37-7)26(22)24/h8-9,12-13,16,18-20,32H,10-11,14-15,17H2,1-7H3. The van der Waals surface area contributed by atoms with Crippen LogP contribution in [0.25, 0.3) is 21.8 Å². The third-order valence-electron chi connectivity index (χ3n) is 7.47. The van der Waals surface area contributed by atoms with E-state index in [1.54, 1.807) is 19.5 Å². The van der Waals surface area contributed by atoms with E-state index in [-0.39, 0.29) is 12.0 Å². The van der Waals surface area contributed by atoms with Crippen molar-refractivity contribution >= 4 is 27.8 Å². The molecule has 38 heavy (non-hydrogen) atoms. The van der Waals surface area contributed by atoms with Gasteiger partial charge >= 0.3 is 5.97 Å². The van der Waals surface area contributed by atoms with Crippen molar-refractivity contribution < 1.29 is 14.3 Å². The van der Waals surface area contributed by atoms with Gasteiger partial charge in [-0.15, -0.1) is 0 Å². The highest BCUT2D eigenvalue weighted by molar-refractivity contribution is 5.90. The SMILES string of the molecule is COc1nccc2[nH]cc(CCN(C)C(C)Cn3cc(CCN(C)C(C)C)c4c(OC(C)=O)nccc43)c12. The normalized spacial score (nSPS) is 12.8. The van der Waals surface area contributed by atoms with E-state index in [1.165, 1.54) is 12.5 Å². The molecule has 0 bridgehead atoms. The maximum atomic E-state index is 11.8. The predicted molar refractivity (Wildman–Crippen MR) is 151 cm³/mol. The van der Waals surface area contributed by atoms with Crippen LogP contribution in [0.4, 0.5) is 0 Å². The maximum Gasteiger partial charge on any atom is 0.309 e. The molecule has 1 unspecified atom stereocenters. The first-order chi connectivity index (χ1) is 18.2. The number of methoxy groups -OCH3 is 1. The number of ether oxygens (including phenoxy) is 2. The number of aromatic amines is 1. The number of likely N-dealkylation sites (N-methyl/N-ethyl adjacent to an activating group) is 2. The van der Waals surface area contributed by atoms with Crippen LogP contribution in [-0.4, -0.2) is 81.7 Å². The summed E-state index contributed by atoms with van der Waals surface area (Å²) in [7, 11) is 5.95. The summed E-state index contributed by atoms with van der Waals surface area (Å²) in [5.41, 5.74) is 4.41. The Kier molecular flexibility index (Phi) is 8.69. The van der Waals surface area contributed by atoms with E-state index in [2.05, 4.69) is 76.6 Å². The molecule has 1 N–H and O–H groups in total. The first-order valence-corrected chi connectivity index (χ1v) is 13.2. The smallest absolute Gasteiger partial charge is 0.309 e. The molecule has 9 nitrogen and oxygen atoms in total. The Morgan fingerprint density at radius 2 is 1.68 bits per heavy atom. The van der Waals surface area contributed by atoms with Crippen LogP contribution in [-0.2, 0) is 24.2 Å². The summed E-state index contributed by atoms with van der Waals surface area (Å²) < 4.78 is 13.3. The second-order valence-corrected chi connectivity index (χ2v) is 10.4. The number of pyridine rings is 2. The molecule has 4 heterocycles. The van der Waals surface area contributed by atoms with Gasteiger partial charge in [-0.3, -0.25) is 4.79 Å². The summed E-state index contributed by atoms with van der Waals surface area (Å²) in [6.45, 7) is 10.6. The third kappa shape index (κ3) is 6.00. The van der Waals surface area contributed by atoms with Crippen LogP contribution in [0.1, 0.15) is 38.8 Å². The molecule has 0 aromatic carbocycles. The van der Waals surface area contributed by atoms with Crippen molar-refractivity contribution in [1.29, 1.82) is 0 Å². The molecule has 9 heteroatoms. The van der Waals surface area contributed by atoms with Gasteiger partial charge in [0.05, 0.1) is 28.9 Å². The van der Waals surface area contributed by atoms with Crippen molar-refractivity contribution in [2.75, 3.05) is 34.3 Å². The van der Waals surface area contributed by atoms with Gasteiger partial charge in [-0.2, -0.15) is 0 Å². The Morgan fingerprint density at radius 1 is 1.00 bits per heavy atom. The molecule has 0 aliphatic heterocycles. The first-order valence-electron chi connectivity index (χ1n) is 13.2. The minimum atomic E-state index is -0.361. The number of fused-ring (bicyclic) bond motifs is 2. The molecule has 0 aliphatic rings. The van der Waals surface area contributed by atoms with Crippen molar-refractivity contribution in [3.63, 3.8) is 0 Å². The Morgan fingerprint density at radius 3 is 2.39 bits per heavy atom. The number of aromatic nitrogens is 4. The van der Waals surface area contributed by atoms with Gasteiger partial charge in [0.15, 0.2) is 0 Å². The summed E-state index contributed by atoms with van der Waals surface area (Å²) in [4.78, 5) is 28.6. The first kappa shape index (κ1) is 27.6. The number of hydrogen-bond donors (Lipinski definition) is 1. The van der Waals surface area contributed by atoms with E-state index < -0.39 is 0 Å². The average molecular weight is 521 g/mol. The Labute approximate surface area is 224 Å². The second-order valence-electron chi connectivity index (χ2n) is 10.4. The minimum Gasteiger partial charge on any atom is -0.480 e. The predicted octanol–water partition coefficient (Wildman–Crippen LogP) is 4.29. The van der Waals surface area contributed by atoms with Crippen LogP contribution in [0.5, 0.6) is 11.8 Å². The fourth-order valence-electron chi connectivity index (χ4n) is 4.81. The summed E-state index contributed by atoms with van der Waals surface area (Å²) in [6.07, 6.45) is 9.45. The summed E-state index contributed by atoms with van der Waals surface area (Å²) in [6, 6.07) is 4.71. The Balaban J connectivity index is 1.53. The van der Waals surface area contributed by atoms with Gasteiger partial charge in [0.2, 0.25) is 11.8 Å². The zero-order chi connectivity index (χ0) is 27.4. The molecule has 204 valence electrons. The number of esters is 1. The number of rotatable bonds is 12. The fourth-order valence-corrected chi connectivity index (χ4v) is 4.81. The van der Waals surface area contributed by atoms with Gasteiger partial charge in [-0.25, -0.2) is 9.97 Å². The lowest BCUT2D eigenvalue weighted by molar-refractivity contribution is -0.132. The van der Waals surface area contributed by atoms with Crippen LogP contribution in [0.2, 0.25) is 0 Å². The van der Waals surface area contributed by atoms with Gasteiger partial charge < -0.3 is 28.8 Å². The van der Waals surface area contributed by atoms with E-state index in [0.29, 0.717) is 17.8 Å². The van der Waals surface area contributed by atoms with Crippen LogP contribution >= 0.6 is 0 Å². The number of nitrogens with zero attached hydrogens (tertiary/aromatic N) is 5. The molecule has 0 spiro atoms.